The molecule has 3 aromatic rings. The van der Waals surface area contributed by atoms with E-state index < -0.39 is 28.5 Å². The number of carbonyl (C=O) groups excluding carboxylic acids is 2. The lowest BCUT2D eigenvalue weighted by Crippen LogP contribution is -2.53. The molecular formula is C33H43N3O5S2. The molecule has 0 fully saturated rings. The summed E-state index contributed by atoms with van der Waals surface area (Å²) < 4.78 is 35.3. The molecule has 8 nitrogen and oxygen atoms in total. The first-order valence-corrected chi connectivity index (χ1v) is 17.3. The summed E-state index contributed by atoms with van der Waals surface area (Å²) in [5, 5.41) is 3.00. The minimum Gasteiger partial charge on any atom is -0.492 e. The highest BCUT2D eigenvalue weighted by atomic mass is 32.2. The highest BCUT2D eigenvalue weighted by molar-refractivity contribution is 7.98. The lowest BCUT2D eigenvalue weighted by molar-refractivity contribution is -0.140. The molecule has 2 atom stereocenters. The highest BCUT2D eigenvalue weighted by Crippen LogP contribution is 2.33. The number of carbonyl (C=O) groups is 2. The van der Waals surface area contributed by atoms with Crippen LogP contribution in [0.4, 0.5) is 5.69 Å². The summed E-state index contributed by atoms with van der Waals surface area (Å²) in [4.78, 5) is 30.2. The van der Waals surface area contributed by atoms with Crippen molar-refractivity contribution < 1.29 is 22.7 Å². The number of sulfonamides is 1. The molecule has 0 bridgehead atoms. The number of benzene rings is 3. The quantitative estimate of drug-likeness (QED) is 0.207. The summed E-state index contributed by atoms with van der Waals surface area (Å²) >= 11 is 1.51. The maximum Gasteiger partial charge on any atom is 0.264 e. The number of aryl methyl sites for hydroxylation is 1. The molecule has 10 heteroatoms. The van der Waals surface area contributed by atoms with E-state index in [0.717, 1.165) is 26.7 Å². The van der Waals surface area contributed by atoms with Gasteiger partial charge in [0.15, 0.2) is 0 Å². The zero-order valence-corrected chi connectivity index (χ0v) is 27.5. The van der Waals surface area contributed by atoms with Crippen molar-refractivity contribution in [2.45, 2.75) is 75.9 Å². The predicted molar refractivity (Wildman–Crippen MR) is 174 cm³/mol. The van der Waals surface area contributed by atoms with E-state index in [9.17, 15) is 18.0 Å². The number of nitrogens with one attached hydrogen (secondary N) is 1. The predicted octanol–water partition coefficient (Wildman–Crippen LogP) is 6.03. The van der Waals surface area contributed by atoms with Crippen LogP contribution in [0.1, 0.15) is 51.7 Å². The normalized spacial score (nSPS) is 12.7. The molecule has 0 aliphatic carbocycles. The van der Waals surface area contributed by atoms with Gasteiger partial charge in [0.25, 0.3) is 10.0 Å². The molecule has 0 heterocycles. The van der Waals surface area contributed by atoms with Crippen LogP contribution in [0.2, 0.25) is 0 Å². The Bertz CT molecular complexity index is 1460. The van der Waals surface area contributed by atoms with Gasteiger partial charge in [-0.2, -0.15) is 0 Å². The van der Waals surface area contributed by atoms with E-state index in [-0.39, 0.29) is 29.1 Å². The Hall–Kier alpha value is -3.50. The molecule has 0 aliphatic heterocycles. The molecule has 0 radical (unpaired) electrons. The number of ether oxygens (including phenoxy) is 1. The Morgan fingerprint density at radius 2 is 1.58 bits per heavy atom. The number of rotatable bonds is 15. The van der Waals surface area contributed by atoms with Crippen LogP contribution in [-0.2, 0) is 26.2 Å². The van der Waals surface area contributed by atoms with Crippen LogP contribution in [0.25, 0.3) is 0 Å². The molecular weight excluding hydrogens is 583 g/mol. The number of hydrogen-bond acceptors (Lipinski definition) is 6. The van der Waals surface area contributed by atoms with Crippen molar-refractivity contribution in [2.75, 3.05) is 23.7 Å². The zero-order valence-electron chi connectivity index (χ0n) is 25.9. The summed E-state index contributed by atoms with van der Waals surface area (Å²) in [6.45, 7) is 9.48. The van der Waals surface area contributed by atoms with Gasteiger partial charge in [0.1, 0.15) is 18.3 Å². The molecule has 3 rings (SSSR count). The molecule has 232 valence electrons. The second kappa shape index (κ2) is 15.8. The van der Waals surface area contributed by atoms with Crippen molar-refractivity contribution in [1.82, 2.24) is 10.2 Å². The summed E-state index contributed by atoms with van der Waals surface area (Å²) in [5.41, 5.74) is 2.16. The van der Waals surface area contributed by atoms with Gasteiger partial charge in [-0.1, -0.05) is 55.8 Å². The molecule has 0 saturated carbocycles. The van der Waals surface area contributed by atoms with Crippen LogP contribution in [-0.4, -0.2) is 56.6 Å². The van der Waals surface area contributed by atoms with Gasteiger partial charge < -0.3 is 15.0 Å². The summed E-state index contributed by atoms with van der Waals surface area (Å²) in [6, 6.07) is 20.2. The second-order valence-corrected chi connectivity index (χ2v) is 13.1. The van der Waals surface area contributed by atoms with Gasteiger partial charge in [-0.25, -0.2) is 8.42 Å². The maximum absolute atomic E-state index is 14.3. The van der Waals surface area contributed by atoms with Crippen LogP contribution >= 0.6 is 11.8 Å². The molecule has 0 saturated heterocycles. The molecule has 3 aromatic carbocycles. The largest absolute Gasteiger partial charge is 0.492 e. The van der Waals surface area contributed by atoms with Gasteiger partial charge in [-0.15, -0.1) is 11.8 Å². The van der Waals surface area contributed by atoms with Crippen LogP contribution < -0.4 is 14.4 Å². The molecule has 1 N–H and O–H groups in total. The Labute approximate surface area is 260 Å². The van der Waals surface area contributed by atoms with Gasteiger partial charge in [0, 0.05) is 17.5 Å². The summed E-state index contributed by atoms with van der Waals surface area (Å²) in [7, 11) is -4.21. The Kier molecular flexibility index (Phi) is 12.5. The van der Waals surface area contributed by atoms with Crippen molar-refractivity contribution >= 4 is 39.3 Å². The average molecular weight is 626 g/mol. The van der Waals surface area contributed by atoms with E-state index in [1.54, 1.807) is 48.5 Å². The second-order valence-electron chi connectivity index (χ2n) is 10.3. The Morgan fingerprint density at radius 3 is 2.16 bits per heavy atom. The molecule has 0 aliphatic rings. The third-order valence-corrected chi connectivity index (χ3v) is 9.74. The first kappa shape index (κ1) is 34.0. The maximum atomic E-state index is 14.3. The summed E-state index contributed by atoms with van der Waals surface area (Å²) in [5.74, 6) is -0.426. The lowest BCUT2D eigenvalue weighted by atomic mass is 10.1. The fourth-order valence-corrected chi connectivity index (χ4v) is 6.41. The van der Waals surface area contributed by atoms with Crippen LogP contribution in [0, 0.1) is 6.92 Å². The third kappa shape index (κ3) is 8.76. The molecule has 43 heavy (non-hydrogen) atoms. The average Bonchev–Trinajstić information content (AvgIpc) is 3.01. The van der Waals surface area contributed by atoms with Gasteiger partial charge in [0.05, 0.1) is 17.2 Å². The third-order valence-electron chi connectivity index (χ3n) is 7.22. The molecule has 2 amide bonds. The van der Waals surface area contributed by atoms with E-state index in [0.29, 0.717) is 18.8 Å². The molecule has 2 unspecified atom stereocenters. The fourth-order valence-electron chi connectivity index (χ4n) is 4.58. The van der Waals surface area contributed by atoms with Gasteiger partial charge in [0.2, 0.25) is 11.8 Å². The zero-order chi connectivity index (χ0) is 31.6. The number of hydrogen-bond donors (Lipinski definition) is 1. The van der Waals surface area contributed by atoms with E-state index in [4.69, 9.17) is 4.74 Å². The van der Waals surface area contributed by atoms with Crippen LogP contribution in [0.5, 0.6) is 5.75 Å². The number of amides is 2. The molecule has 0 spiro atoms. The number of anilines is 1. The first-order chi connectivity index (χ1) is 20.5. The van der Waals surface area contributed by atoms with Crippen molar-refractivity contribution in [3.8, 4) is 5.75 Å². The SMILES string of the molecule is CCOc1ccccc1N(CC(=O)N(Cc1ccc(C)cc1)C(CC)C(=O)NC(C)CC)S(=O)(=O)c1ccc(SC)cc1. The van der Waals surface area contributed by atoms with Crippen molar-refractivity contribution in [3.63, 3.8) is 0 Å². The van der Waals surface area contributed by atoms with E-state index >= 15 is 0 Å². The van der Waals surface area contributed by atoms with Crippen LogP contribution in [0.15, 0.2) is 82.6 Å². The van der Waals surface area contributed by atoms with E-state index in [1.807, 2.05) is 65.1 Å². The van der Waals surface area contributed by atoms with Gasteiger partial charge >= 0.3 is 0 Å². The Balaban J connectivity index is 2.11. The minimum atomic E-state index is -4.21. The number of nitrogens with zero attached hydrogens (tertiary/aromatic N) is 2. The van der Waals surface area contributed by atoms with Crippen molar-refractivity contribution in [2.24, 2.45) is 0 Å². The highest BCUT2D eigenvalue weighted by Gasteiger charge is 2.35. The topological polar surface area (TPSA) is 96.0 Å². The Morgan fingerprint density at radius 1 is 0.930 bits per heavy atom. The van der Waals surface area contributed by atoms with Gasteiger partial charge in [-0.3, -0.25) is 13.9 Å². The summed E-state index contributed by atoms with van der Waals surface area (Å²) in [6.07, 6.45) is 3.01. The lowest BCUT2D eigenvalue weighted by Gasteiger charge is -2.34. The standard InChI is InChI=1S/C33H43N3O5S2/c1-7-25(5)34-33(38)29(8-2)35(22-26-16-14-24(4)15-17-26)32(37)23-36(30-12-10-11-13-31(30)41-9-3)43(39,40)28-20-18-27(42-6)19-21-28/h10-21,25,29H,7-9,22-23H2,1-6H3,(H,34,38). The van der Waals surface area contributed by atoms with E-state index in [2.05, 4.69) is 5.32 Å². The number of para-hydroxylation sites is 2. The smallest absolute Gasteiger partial charge is 0.264 e. The monoisotopic (exact) mass is 625 g/mol. The van der Waals surface area contributed by atoms with Gasteiger partial charge in [-0.05, 0) is 81.8 Å². The van der Waals surface area contributed by atoms with Crippen molar-refractivity contribution in [3.05, 3.63) is 83.9 Å². The minimum absolute atomic E-state index is 0.0519. The molecule has 0 aromatic heterocycles. The van der Waals surface area contributed by atoms with Crippen molar-refractivity contribution in [1.29, 1.82) is 0 Å². The first-order valence-electron chi connectivity index (χ1n) is 14.6. The van der Waals surface area contributed by atoms with Crippen LogP contribution in [0.3, 0.4) is 0 Å². The van der Waals surface area contributed by atoms with E-state index in [1.165, 1.54) is 16.7 Å². The number of thioether (sulfide) groups is 1. The fraction of sp³-hybridized carbons (Fsp3) is 0.394.